The van der Waals surface area contributed by atoms with Gasteiger partial charge in [-0.3, -0.25) is 9.69 Å². The quantitative estimate of drug-likeness (QED) is 0.598. The number of anilines is 1. The number of hydrogen-bond donors (Lipinski definition) is 3. The predicted octanol–water partition coefficient (Wildman–Crippen LogP) is 2.46. The normalized spacial score (nSPS) is 21.0. The first-order valence-electron chi connectivity index (χ1n) is 9.65. The lowest BCUT2D eigenvalue weighted by atomic mass is 9.85. The maximum Gasteiger partial charge on any atom is 0.319 e. The number of carbonyl (C=O) groups is 2. The van der Waals surface area contributed by atoms with Crippen LogP contribution in [0.5, 0.6) is 11.5 Å². The molecule has 28 heavy (non-hydrogen) atoms. The summed E-state index contributed by atoms with van der Waals surface area (Å²) >= 11 is 0. The molecule has 2 aliphatic rings. The molecular weight excluding hydrogens is 362 g/mol. The van der Waals surface area contributed by atoms with Crippen LogP contribution < -0.4 is 20.1 Å². The van der Waals surface area contributed by atoms with Gasteiger partial charge in [-0.15, -0.1) is 0 Å². The molecule has 0 bridgehead atoms. The Bertz CT molecular complexity index is 704. The average Bonchev–Trinajstić information content (AvgIpc) is 3.42. The van der Waals surface area contributed by atoms with Gasteiger partial charge in [-0.2, -0.15) is 0 Å². The van der Waals surface area contributed by atoms with E-state index >= 15 is 0 Å². The number of nitrogens with zero attached hydrogens (tertiary/aromatic N) is 1. The third kappa shape index (κ3) is 5.07. The molecule has 0 aromatic heterocycles. The van der Waals surface area contributed by atoms with Gasteiger partial charge >= 0.3 is 12.0 Å². The molecule has 8 heteroatoms. The molecule has 2 fully saturated rings. The first-order chi connectivity index (χ1) is 13.4. The van der Waals surface area contributed by atoms with Gasteiger partial charge in [0, 0.05) is 42.0 Å². The molecule has 3 N–H and O–H groups in total. The fourth-order valence-corrected chi connectivity index (χ4v) is 3.66. The summed E-state index contributed by atoms with van der Waals surface area (Å²) < 4.78 is 10.7. The van der Waals surface area contributed by atoms with Crippen molar-refractivity contribution in [1.29, 1.82) is 0 Å². The summed E-state index contributed by atoms with van der Waals surface area (Å²) in [5, 5.41) is 14.9. The van der Waals surface area contributed by atoms with E-state index in [0.29, 0.717) is 23.1 Å². The number of hydrogen-bond acceptors (Lipinski definition) is 5. The van der Waals surface area contributed by atoms with Crippen LogP contribution in [-0.2, 0) is 4.79 Å². The number of carboxylic acids is 1. The molecule has 0 radical (unpaired) electrons. The molecule has 2 aliphatic carbocycles. The van der Waals surface area contributed by atoms with E-state index < -0.39 is 5.97 Å². The molecule has 3 rings (SSSR count). The first-order valence-corrected chi connectivity index (χ1v) is 9.65. The summed E-state index contributed by atoms with van der Waals surface area (Å²) in [6, 6.07) is 3.50. The fourth-order valence-electron chi connectivity index (χ4n) is 3.66. The van der Waals surface area contributed by atoms with Gasteiger partial charge < -0.3 is 25.2 Å². The highest BCUT2D eigenvalue weighted by atomic mass is 16.5. The van der Waals surface area contributed by atoms with Gasteiger partial charge in [-0.05, 0) is 38.5 Å². The number of carboxylic acid groups (broad SMARTS) is 1. The summed E-state index contributed by atoms with van der Waals surface area (Å²) in [5.74, 6) is 1.13. The molecule has 0 heterocycles. The molecule has 1 aromatic carbocycles. The van der Waals surface area contributed by atoms with E-state index in [2.05, 4.69) is 10.6 Å². The zero-order valence-electron chi connectivity index (χ0n) is 16.7. The number of rotatable bonds is 9. The molecule has 1 aromatic rings. The Kier molecular flexibility index (Phi) is 6.28. The van der Waals surface area contributed by atoms with Gasteiger partial charge in [-0.25, -0.2) is 4.79 Å². The van der Waals surface area contributed by atoms with Gasteiger partial charge in [0.1, 0.15) is 11.5 Å². The van der Waals surface area contributed by atoms with Crippen LogP contribution in [0.1, 0.15) is 31.2 Å². The molecule has 154 valence electrons. The van der Waals surface area contributed by atoms with Crippen LogP contribution in [0, 0.1) is 12.8 Å². The molecule has 2 amide bonds. The standard InChI is InChI=1S/C20H29N3O5/c1-12-17(27-2)8-15(9-18(12)28-3)22-20(26)21-14-6-16(7-14)23(11-19(24)25)10-13-4-5-13/h8-9,13-14,16H,4-7,10-11H2,1-3H3,(H,24,25)(H2,21,22,26). The Morgan fingerprint density at radius 2 is 1.79 bits per heavy atom. The number of benzene rings is 1. The summed E-state index contributed by atoms with van der Waals surface area (Å²) in [4.78, 5) is 25.5. The Labute approximate surface area is 165 Å². The molecular formula is C20H29N3O5. The van der Waals surface area contributed by atoms with Crippen molar-refractivity contribution >= 4 is 17.7 Å². The minimum absolute atomic E-state index is 0.0507. The summed E-state index contributed by atoms with van der Waals surface area (Å²) in [6.07, 6.45) is 3.93. The number of nitrogens with one attached hydrogen (secondary N) is 2. The van der Waals surface area contributed by atoms with Gasteiger partial charge in [0.15, 0.2) is 0 Å². The number of ether oxygens (including phenoxy) is 2. The molecule has 0 atom stereocenters. The lowest BCUT2D eigenvalue weighted by Crippen LogP contribution is -2.55. The molecule has 0 aliphatic heterocycles. The Balaban J connectivity index is 1.50. The van der Waals surface area contributed by atoms with Crippen molar-refractivity contribution in [2.24, 2.45) is 5.92 Å². The smallest absolute Gasteiger partial charge is 0.319 e. The van der Waals surface area contributed by atoms with Gasteiger partial charge in [0.2, 0.25) is 0 Å². The molecule has 8 nitrogen and oxygen atoms in total. The van der Waals surface area contributed by atoms with E-state index in [1.165, 1.54) is 12.8 Å². The monoisotopic (exact) mass is 391 g/mol. The second kappa shape index (κ2) is 8.68. The van der Waals surface area contributed by atoms with Crippen LogP contribution in [0.15, 0.2) is 12.1 Å². The summed E-state index contributed by atoms with van der Waals surface area (Å²) in [7, 11) is 3.15. The van der Waals surface area contributed by atoms with Crippen LogP contribution in [-0.4, -0.2) is 61.4 Å². The third-order valence-corrected chi connectivity index (χ3v) is 5.50. The minimum atomic E-state index is -0.794. The largest absolute Gasteiger partial charge is 0.496 e. The van der Waals surface area contributed by atoms with Crippen molar-refractivity contribution in [2.45, 2.75) is 44.7 Å². The van der Waals surface area contributed by atoms with Crippen LogP contribution in [0.4, 0.5) is 10.5 Å². The SMILES string of the molecule is COc1cc(NC(=O)NC2CC(N(CC(=O)O)CC3CC3)C2)cc(OC)c1C. The van der Waals surface area contributed by atoms with E-state index in [4.69, 9.17) is 14.6 Å². The van der Waals surface area contributed by atoms with Crippen molar-refractivity contribution in [1.82, 2.24) is 10.2 Å². The summed E-state index contributed by atoms with van der Waals surface area (Å²) in [6.45, 7) is 2.81. The molecule has 0 spiro atoms. The van der Waals surface area contributed by atoms with Crippen LogP contribution in [0.3, 0.4) is 0 Å². The van der Waals surface area contributed by atoms with Crippen LogP contribution in [0.25, 0.3) is 0 Å². The fraction of sp³-hybridized carbons (Fsp3) is 0.600. The zero-order chi connectivity index (χ0) is 20.3. The topological polar surface area (TPSA) is 100 Å². The lowest BCUT2D eigenvalue weighted by molar-refractivity contribution is -0.139. The average molecular weight is 391 g/mol. The molecule has 2 saturated carbocycles. The van der Waals surface area contributed by atoms with Crippen molar-refractivity contribution in [3.8, 4) is 11.5 Å². The molecule has 0 saturated heterocycles. The number of carbonyl (C=O) groups excluding carboxylic acids is 1. The predicted molar refractivity (Wildman–Crippen MR) is 105 cm³/mol. The minimum Gasteiger partial charge on any atom is -0.496 e. The second-order valence-electron chi connectivity index (χ2n) is 7.69. The van der Waals surface area contributed by atoms with Gasteiger partial charge in [0.25, 0.3) is 0 Å². The highest BCUT2D eigenvalue weighted by molar-refractivity contribution is 5.90. The van der Waals surface area contributed by atoms with E-state index in [1.54, 1.807) is 26.4 Å². The maximum absolute atomic E-state index is 12.3. The van der Waals surface area contributed by atoms with Gasteiger partial charge in [0.05, 0.1) is 20.8 Å². The summed E-state index contributed by atoms with van der Waals surface area (Å²) in [5.41, 5.74) is 1.46. The van der Waals surface area contributed by atoms with Crippen molar-refractivity contribution < 1.29 is 24.2 Å². The second-order valence-corrected chi connectivity index (χ2v) is 7.69. The van der Waals surface area contributed by atoms with E-state index in [1.807, 2.05) is 11.8 Å². The number of aliphatic carboxylic acids is 1. The lowest BCUT2D eigenvalue weighted by Gasteiger charge is -2.42. The van der Waals surface area contributed by atoms with E-state index in [0.717, 1.165) is 24.9 Å². The zero-order valence-corrected chi connectivity index (χ0v) is 16.7. The Hall–Kier alpha value is -2.48. The van der Waals surface area contributed by atoms with Gasteiger partial charge in [-0.1, -0.05) is 0 Å². The maximum atomic E-state index is 12.3. The van der Waals surface area contributed by atoms with Crippen LogP contribution >= 0.6 is 0 Å². The Morgan fingerprint density at radius 1 is 1.18 bits per heavy atom. The highest BCUT2D eigenvalue weighted by Crippen LogP contribution is 2.34. The molecule has 0 unspecified atom stereocenters. The van der Waals surface area contributed by atoms with E-state index in [9.17, 15) is 9.59 Å². The van der Waals surface area contributed by atoms with Crippen LogP contribution in [0.2, 0.25) is 0 Å². The third-order valence-electron chi connectivity index (χ3n) is 5.50. The number of methoxy groups -OCH3 is 2. The Morgan fingerprint density at radius 3 is 2.29 bits per heavy atom. The van der Waals surface area contributed by atoms with Crippen molar-refractivity contribution in [3.05, 3.63) is 17.7 Å². The first kappa shape index (κ1) is 20.3. The van der Waals surface area contributed by atoms with Crippen molar-refractivity contribution in [3.63, 3.8) is 0 Å². The highest BCUT2D eigenvalue weighted by Gasteiger charge is 2.37. The van der Waals surface area contributed by atoms with E-state index in [-0.39, 0.29) is 24.7 Å². The van der Waals surface area contributed by atoms with Crippen molar-refractivity contribution in [2.75, 3.05) is 32.6 Å². The number of amides is 2. The number of urea groups is 1.